The molecule has 1 aromatic heterocycles. The van der Waals surface area contributed by atoms with Gasteiger partial charge in [0.1, 0.15) is 0 Å². The van der Waals surface area contributed by atoms with Gasteiger partial charge < -0.3 is 14.9 Å². The molecule has 0 fully saturated rings. The molecule has 98 valence electrons. The van der Waals surface area contributed by atoms with E-state index in [2.05, 4.69) is 15.0 Å². The Balaban J connectivity index is 1.99. The van der Waals surface area contributed by atoms with E-state index in [1.54, 1.807) is 0 Å². The summed E-state index contributed by atoms with van der Waals surface area (Å²) in [6, 6.07) is 8.79. The highest BCUT2D eigenvalue weighted by molar-refractivity contribution is 5.94. The fourth-order valence-corrected chi connectivity index (χ4v) is 1.58. The maximum atomic E-state index is 11.7. The molecule has 6 nitrogen and oxygen atoms in total. The zero-order valence-corrected chi connectivity index (χ0v) is 10.2. The second kappa shape index (κ2) is 5.34. The fourth-order valence-electron chi connectivity index (χ4n) is 1.58. The molecule has 0 bridgehead atoms. The van der Waals surface area contributed by atoms with Crippen molar-refractivity contribution in [3.63, 3.8) is 0 Å². The van der Waals surface area contributed by atoms with Crippen LogP contribution in [0.4, 0.5) is 0 Å². The van der Waals surface area contributed by atoms with Crippen LogP contribution in [0.1, 0.15) is 32.2 Å². The highest BCUT2D eigenvalue weighted by Crippen LogP contribution is 2.06. The standard InChI is InChI=1S/C13H12N2O4/c1-8-3-2-4-9(5-8)7-14-12(16)10-6-11(13(17)18)19-15-10/h2-6H,7H2,1H3,(H,14,16)(H,17,18). The summed E-state index contributed by atoms with van der Waals surface area (Å²) in [7, 11) is 0. The average Bonchev–Trinajstić information content (AvgIpc) is 2.86. The molecule has 0 aliphatic rings. The van der Waals surface area contributed by atoms with E-state index in [-0.39, 0.29) is 11.5 Å². The smallest absolute Gasteiger partial charge is 0.374 e. The molecule has 1 aromatic carbocycles. The lowest BCUT2D eigenvalue weighted by Crippen LogP contribution is -2.23. The van der Waals surface area contributed by atoms with Crippen LogP contribution >= 0.6 is 0 Å². The SMILES string of the molecule is Cc1cccc(CNC(=O)c2cc(C(=O)O)on2)c1. The Hall–Kier alpha value is -2.63. The van der Waals surface area contributed by atoms with Gasteiger partial charge in [0.25, 0.3) is 5.91 Å². The van der Waals surface area contributed by atoms with E-state index >= 15 is 0 Å². The molecule has 2 rings (SSSR count). The molecule has 0 atom stereocenters. The van der Waals surface area contributed by atoms with E-state index in [0.29, 0.717) is 6.54 Å². The molecule has 19 heavy (non-hydrogen) atoms. The van der Waals surface area contributed by atoms with Crippen LogP contribution in [0.2, 0.25) is 0 Å². The lowest BCUT2D eigenvalue weighted by Gasteiger charge is -2.03. The fraction of sp³-hybridized carbons (Fsp3) is 0.154. The molecule has 2 N–H and O–H groups in total. The third-order valence-corrected chi connectivity index (χ3v) is 2.49. The van der Waals surface area contributed by atoms with E-state index in [0.717, 1.165) is 17.2 Å². The Bertz CT molecular complexity index is 619. The summed E-state index contributed by atoms with van der Waals surface area (Å²) < 4.78 is 4.51. The van der Waals surface area contributed by atoms with Gasteiger partial charge in [-0.1, -0.05) is 35.0 Å². The first-order valence-corrected chi connectivity index (χ1v) is 5.60. The minimum absolute atomic E-state index is 0.0509. The number of hydrogen-bond acceptors (Lipinski definition) is 4. The molecule has 6 heteroatoms. The minimum Gasteiger partial charge on any atom is -0.475 e. The summed E-state index contributed by atoms with van der Waals surface area (Å²) in [4.78, 5) is 22.3. The number of carbonyl (C=O) groups is 2. The molecule has 0 aliphatic carbocycles. The third-order valence-electron chi connectivity index (χ3n) is 2.49. The van der Waals surface area contributed by atoms with Crippen molar-refractivity contribution in [3.05, 3.63) is 52.9 Å². The number of nitrogens with one attached hydrogen (secondary N) is 1. The molecular formula is C13H12N2O4. The van der Waals surface area contributed by atoms with Gasteiger partial charge in [-0.15, -0.1) is 0 Å². The normalized spacial score (nSPS) is 10.2. The number of amides is 1. The summed E-state index contributed by atoms with van der Waals surface area (Å²) in [6.45, 7) is 2.30. The number of benzene rings is 1. The van der Waals surface area contributed by atoms with Gasteiger partial charge in [0.2, 0.25) is 5.76 Å². The van der Waals surface area contributed by atoms with Crippen LogP contribution in [-0.2, 0) is 6.54 Å². The Morgan fingerprint density at radius 1 is 1.37 bits per heavy atom. The van der Waals surface area contributed by atoms with Crippen LogP contribution in [0, 0.1) is 6.92 Å². The van der Waals surface area contributed by atoms with Gasteiger partial charge in [0.05, 0.1) is 0 Å². The first kappa shape index (κ1) is 12.8. The zero-order valence-electron chi connectivity index (χ0n) is 10.2. The quantitative estimate of drug-likeness (QED) is 0.871. The Kier molecular flexibility index (Phi) is 3.61. The van der Waals surface area contributed by atoms with E-state index in [9.17, 15) is 9.59 Å². The van der Waals surface area contributed by atoms with Crippen LogP contribution in [0.5, 0.6) is 0 Å². The molecule has 0 saturated heterocycles. The van der Waals surface area contributed by atoms with E-state index in [1.165, 1.54) is 0 Å². The van der Waals surface area contributed by atoms with Crippen LogP contribution in [0.3, 0.4) is 0 Å². The number of rotatable bonds is 4. The molecule has 0 spiro atoms. The summed E-state index contributed by atoms with van der Waals surface area (Å²) in [6.07, 6.45) is 0. The second-order valence-electron chi connectivity index (χ2n) is 4.05. The Morgan fingerprint density at radius 2 is 2.16 bits per heavy atom. The van der Waals surface area contributed by atoms with Crippen molar-refractivity contribution in [2.75, 3.05) is 0 Å². The van der Waals surface area contributed by atoms with Crippen LogP contribution in [-0.4, -0.2) is 22.1 Å². The largest absolute Gasteiger partial charge is 0.475 e. The number of aromatic nitrogens is 1. The minimum atomic E-state index is -1.26. The first-order valence-electron chi connectivity index (χ1n) is 5.60. The van der Waals surface area contributed by atoms with Crippen molar-refractivity contribution in [1.82, 2.24) is 10.5 Å². The number of aromatic carboxylic acids is 1. The van der Waals surface area contributed by atoms with Crippen molar-refractivity contribution in [1.29, 1.82) is 0 Å². The molecule has 0 saturated carbocycles. The predicted molar refractivity (Wildman–Crippen MR) is 65.8 cm³/mol. The lowest BCUT2D eigenvalue weighted by atomic mass is 10.1. The molecule has 0 aliphatic heterocycles. The summed E-state index contributed by atoms with van der Waals surface area (Å²) in [5.74, 6) is -2.09. The highest BCUT2D eigenvalue weighted by Gasteiger charge is 2.16. The van der Waals surface area contributed by atoms with Crippen molar-refractivity contribution >= 4 is 11.9 Å². The Labute approximate surface area is 109 Å². The van der Waals surface area contributed by atoms with Gasteiger partial charge in [-0.2, -0.15) is 0 Å². The highest BCUT2D eigenvalue weighted by atomic mass is 16.5. The molecule has 0 radical (unpaired) electrons. The number of carbonyl (C=O) groups excluding carboxylic acids is 1. The van der Waals surface area contributed by atoms with E-state index in [4.69, 9.17) is 5.11 Å². The maximum Gasteiger partial charge on any atom is 0.374 e. The van der Waals surface area contributed by atoms with Gasteiger partial charge in [-0.25, -0.2) is 4.79 Å². The molecular weight excluding hydrogens is 248 g/mol. The van der Waals surface area contributed by atoms with Crippen molar-refractivity contribution in [2.45, 2.75) is 13.5 Å². The van der Waals surface area contributed by atoms with Gasteiger partial charge >= 0.3 is 5.97 Å². The molecule has 0 unspecified atom stereocenters. The molecule has 1 amide bonds. The number of hydrogen-bond donors (Lipinski definition) is 2. The maximum absolute atomic E-state index is 11.7. The average molecular weight is 260 g/mol. The zero-order chi connectivity index (χ0) is 13.8. The topological polar surface area (TPSA) is 92.4 Å². The number of nitrogens with zero attached hydrogens (tertiary/aromatic N) is 1. The first-order chi connectivity index (χ1) is 9.06. The summed E-state index contributed by atoms with van der Waals surface area (Å²) in [5.41, 5.74) is 2.00. The van der Waals surface area contributed by atoms with Gasteiger partial charge in [-0.05, 0) is 12.5 Å². The van der Waals surface area contributed by atoms with Crippen LogP contribution in [0.15, 0.2) is 34.9 Å². The van der Waals surface area contributed by atoms with Gasteiger partial charge in [0.15, 0.2) is 5.69 Å². The molecule has 2 aromatic rings. The Morgan fingerprint density at radius 3 is 2.79 bits per heavy atom. The summed E-state index contributed by atoms with van der Waals surface area (Å²) in [5, 5.41) is 14.7. The van der Waals surface area contributed by atoms with Gasteiger partial charge in [0, 0.05) is 12.6 Å². The second-order valence-corrected chi connectivity index (χ2v) is 4.05. The van der Waals surface area contributed by atoms with Crippen molar-refractivity contribution < 1.29 is 19.2 Å². The third kappa shape index (κ3) is 3.19. The van der Waals surface area contributed by atoms with Crippen molar-refractivity contribution in [3.8, 4) is 0 Å². The van der Waals surface area contributed by atoms with Crippen molar-refractivity contribution in [2.24, 2.45) is 0 Å². The monoisotopic (exact) mass is 260 g/mol. The van der Waals surface area contributed by atoms with E-state index in [1.807, 2.05) is 31.2 Å². The van der Waals surface area contributed by atoms with Crippen LogP contribution in [0.25, 0.3) is 0 Å². The number of carboxylic acid groups (broad SMARTS) is 1. The van der Waals surface area contributed by atoms with Crippen LogP contribution < -0.4 is 5.32 Å². The number of aryl methyl sites for hydroxylation is 1. The lowest BCUT2D eigenvalue weighted by molar-refractivity contribution is 0.0651. The van der Waals surface area contributed by atoms with Gasteiger partial charge in [-0.3, -0.25) is 4.79 Å². The molecule has 1 heterocycles. The number of carboxylic acids is 1. The summed E-state index contributed by atoms with van der Waals surface area (Å²) >= 11 is 0. The van der Waals surface area contributed by atoms with E-state index < -0.39 is 11.9 Å². The predicted octanol–water partition coefficient (Wildman–Crippen LogP) is 1.61.